The molecule has 1 aromatic carbocycles. The minimum Gasteiger partial charge on any atom is -0.427 e. The fourth-order valence-corrected chi connectivity index (χ4v) is 2.46. The third kappa shape index (κ3) is 2.94. The van der Waals surface area contributed by atoms with Crippen molar-refractivity contribution in [2.24, 2.45) is 5.92 Å². The number of nitrogens with one attached hydrogen (secondary N) is 1. The Morgan fingerprint density at radius 3 is 2.83 bits per heavy atom. The molecule has 0 unspecified atom stereocenters. The van der Waals surface area contributed by atoms with E-state index in [-0.39, 0.29) is 11.8 Å². The van der Waals surface area contributed by atoms with Gasteiger partial charge in [-0.15, -0.1) is 5.10 Å². The fourth-order valence-electron chi connectivity index (χ4n) is 2.24. The SMILES string of the molecule is Cc1oc2nc(-c3ccccc3Cl)nn2c1C(=O)NCC(C)C. The molecule has 3 aromatic rings. The molecule has 0 aliphatic rings. The highest BCUT2D eigenvalue weighted by Crippen LogP contribution is 2.26. The van der Waals surface area contributed by atoms with Gasteiger partial charge in [-0.3, -0.25) is 4.79 Å². The first kappa shape index (κ1) is 15.6. The van der Waals surface area contributed by atoms with Crippen molar-refractivity contribution in [1.29, 1.82) is 0 Å². The Labute approximate surface area is 138 Å². The van der Waals surface area contributed by atoms with Crippen molar-refractivity contribution in [3.63, 3.8) is 0 Å². The number of fused-ring (bicyclic) bond motifs is 1. The van der Waals surface area contributed by atoms with E-state index in [2.05, 4.69) is 15.4 Å². The summed E-state index contributed by atoms with van der Waals surface area (Å²) in [7, 11) is 0. The Balaban J connectivity index is 2.02. The van der Waals surface area contributed by atoms with Gasteiger partial charge in [-0.25, -0.2) is 0 Å². The van der Waals surface area contributed by atoms with Crippen molar-refractivity contribution in [3.8, 4) is 11.4 Å². The average molecular weight is 333 g/mol. The molecule has 0 radical (unpaired) electrons. The quantitative estimate of drug-likeness (QED) is 0.795. The molecular weight excluding hydrogens is 316 g/mol. The van der Waals surface area contributed by atoms with Crippen molar-refractivity contribution in [2.45, 2.75) is 20.8 Å². The Hall–Kier alpha value is -2.34. The summed E-state index contributed by atoms with van der Waals surface area (Å²) in [5.41, 5.74) is 1.05. The maximum Gasteiger partial charge on any atom is 0.325 e. The van der Waals surface area contributed by atoms with Crippen molar-refractivity contribution in [1.82, 2.24) is 19.9 Å². The third-order valence-electron chi connectivity index (χ3n) is 3.37. The van der Waals surface area contributed by atoms with Crippen LogP contribution < -0.4 is 5.32 Å². The normalized spacial score (nSPS) is 11.3. The lowest BCUT2D eigenvalue weighted by Crippen LogP contribution is -2.29. The van der Waals surface area contributed by atoms with E-state index in [9.17, 15) is 4.79 Å². The number of carbonyl (C=O) groups is 1. The van der Waals surface area contributed by atoms with Crippen molar-refractivity contribution in [2.75, 3.05) is 6.54 Å². The molecular formula is C16H17ClN4O2. The van der Waals surface area contributed by atoms with Crippen molar-refractivity contribution >= 4 is 23.4 Å². The van der Waals surface area contributed by atoms with Gasteiger partial charge in [0.1, 0.15) is 5.76 Å². The van der Waals surface area contributed by atoms with E-state index < -0.39 is 0 Å². The summed E-state index contributed by atoms with van der Waals surface area (Å²) in [6.45, 7) is 6.36. The molecule has 0 aliphatic carbocycles. The maximum absolute atomic E-state index is 12.4. The van der Waals surface area contributed by atoms with Gasteiger partial charge in [-0.1, -0.05) is 37.6 Å². The summed E-state index contributed by atoms with van der Waals surface area (Å²) in [5.74, 6) is 1.30. The summed E-state index contributed by atoms with van der Waals surface area (Å²) in [4.78, 5) is 16.7. The first-order valence-electron chi connectivity index (χ1n) is 7.36. The van der Waals surface area contributed by atoms with Gasteiger partial charge in [-0.2, -0.15) is 9.50 Å². The molecule has 7 heteroatoms. The molecule has 1 N–H and O–H groups in total. The predicted molar refractivity (Wildman–Crippen MR) is 87.6 cm³/mol. The number of amides is 1. The average Bonchev–Trinajstić information content (AvgIpc) is 3.01. The molecule has 0 aliphatic heterocycles. The number of oxazole rings is 1. The van der Waals surface area contributed by atoms with Gasteiger partial charge < -0.3 is 9.73 Å². The highest BCUT2D eigenvalue weighted by atomic mass is 35.5. The number of halogens is 1. The van der Waals surface area contributed by atoms with Crippen LogP contribution >= 0.6 is 11.6 Å². The molecule has 0 saturated carbocycles. The summed E-state index contributed by atoms with van der Waals surface area (Å²) in [6, 6.07) is 7.27. The largest absolute Gasteiger partial charge is 0.427 e. The van der Waals surface area contributed by atoms with Crippen LogP contribution in [0.15, 0.2) is 28.7 Å². The standard InChI is InChI=1S/C16H17ClN4O2/c1-9(2)8-18-15(22)13-10(3)23-16-19-14(20-21(13)16)11-6-4-5-7-12(11)17/h4-7,9H,8H2,1-3H3,(H,18,22). The molecule has 6 nitrogen and oxygen atoms in total. The van der Waals surface area contributed by atoms with Crippen LogP contribution in [0.5, 0.6) is 0 Å². The van der Waals surface area contributed by atoms with Gasteiger partial charge in [-0.05, 0) is 25.0 Å². The number of aromatic nitrogens is 3. The van der Waals surface area contributed by atoms with E-state index in [0.717, 1.165) is 0 Å². The monoisotopic (exact) mass is 332 g/mol. The second-order valence-electron chi connectivity index (χ2n) is 5.72. The van der Waals surface area contributed by atoms with Crippen LogP contribution in [0.25, 0.3) is 17.2 Å². The Morgan fingerprint density at radius 1 is 1.39 bits per heavy atom. The van der Waals surface area contributed by atoms with Crippen LogP contribution in [0.1, 0.15) is 30.1 Å². The number of hydrogen-bond donors (Lipinski definition) is 1. The number of rotatable bonds is 4. The van der Waals surface area contributed by atoms with E-state index in [4.69, 9.17) is 16.0 Å². The molecule has 3 rings (SSSR count). The summed E-state index contributed by atoms with van der Waals surface area (Å²) < 4.78 is 6.97. The first-order valence-corrected chi connectivity index (χ1v) is 7.74. The number of aryl methyl sites for hydroxylation is 1. The van der Waals surface area contributed by atoms with E-state index in [1.807, 2.05) is 32.0 Å². The molecule has 120 valence electrons. The van der Waals surface area contributed by atoms with Crippen molar-refractivity contribution < 1.29 is 9.21 Å². The molecule has 1 amide bonds. The van der Waals surface area contributed by atoms with Crippen LogP contribution in [0.2, 0.25) is 5.02 Å². The van der Waals surface area contributed by atoms with E-state index >= 15 is 0 Å². The van der Waals surface area contributed by atoms with Crippen LogP contribution in [0, 0.1) is 12.8 Å². The minimum absolute atomic E-state index is 0.231. The number of carbonyl (C=O) groups excluding carboxylic acids is 1. The zero-order chi connectivity index (χ0) is 16.6. The number of nitrogens with zero attached hydrogens (tertiary/aromatic N) is 3. The van der Waals surface area contributed by atoms with Gasteiger partial charge in [0.15, 0.2) is 11.5 Å². The molecule has 0 fully saturated rings. The second kappa shape index (κ2) is 6.04. The van der Waals surface area contributed by atoms with E-state index in [1.165, 1.54) is 4.52 Å². The first-order chi connectivity index (χ1) is 11.0. The molecule has 2 aromatic heterocycles. The zero-order valence-electron chi connectivity index (χ0n) is 13.1. The van der Waals surface area contributed by atoms with Crippen LogP contribution in [-0.4, -0.2) is 27.0 Å². The van der Waals surface area contributed by atoms with Gasteiger partial charge >= 0.3 is 5.84 Å². The predicted octanol–water partition coefficient (Wildman–Crippen LogP) is 3.34. The highest BCUT2D eigenvalue weighted by Gasteiger charge is 2.22. The number of hydrogen-bond acceptors (Lipinski definition) is 4. The minimum atomic E-state index is -0.231. The molecule has 0 bridgehead atoms. The van der Waals surface area contributed by atoms with Gasteiger partial charge in [0.05, 0.1) is 5.02 Å². The Kier molecular flexibility index (Phi) is 4.09. The Bertz CT molecular complexity index is 866. The third-order valence-corrected chi connectivity index (χ3v) is 3.70. The van der Waals surface area contributed by atoms with Gasteiger partial charge in [0.2, 0.25) is 0 Å². The van der Waals surface area contributed by atoms with E-state index in [1.54, 1.807) is 13.0 Å². The van der Waals surface area contributed by atoms with Crippen molar-refractivity contribution in [3.05, 3.63) is 40.7 Å². The fraction of sp³-hybridized carbons (Fsp3) is 0.312. The molecule has 0 atom stereocenters. The summed E-state index contributed by atoms with van der Waals surface area (Å²) >= 11 is 6.17. The lowest BCUT2D eigenvalue weighted by Gasteiger charge is -2.06. The molecule has 23 heavy (non-hydrogen) atoms. The lowest BCUT2D eigenvalue weighted by atomic mass is 10.2. The summed E-state index contributed by atoms with van der Waals surface area (Å²) in [5, 5.41) is 7.79. The summed E-state index contributed by atoms with van der Waals surface area (Å²) in [6.07, 6.45) is 0. The highest BCUT2D eigenvalue weighted by molar-refractivity contribution is 6.33. The van der Waals surface area contributed by atoms with Crippen LogP contribution in [-0.2, 0) is 0 Å². The second-order valence-corrected chi connectivity index (χ2v) is 6.13. The van der Waals surface area contributed by atoms with Crippen LogP contribution in [0.4, 0.5) is 0 Å². The molecule has 2 heterocycles. The van der Waals surface area contributed by atoms with Gasteiger partial charge in [0.25, 0.3) is 5.91 Å². The number of benzene rings is 1. The topological polar surface area (TPSA) is 72.4 Å². The van der Waals surface area contributed by atoms with E-state index in [0.29, 0.717) is 40.3 Å². The lowest BCUT2D eigenvalue weighted by molar-refractivity contribution is 0.0940. The zero-order valence-corrected chi connectivity index (χ0v) is 13.9. The Morgan fingerprint density at radius 2 is 2.13 bits per heavy atom. The molecule has 0 saturated heterocycles. The van der Waals surface area contributed by atoms with Gasteiger partial charge in [0, 0.05) is 12.1 Å². The maximum atomic E-state index is 12.4. The van der Waals surface area contributed by atoms with Crippen LogP contribution in [0.3, 0.4) is 0 Å². The molecule has 0 spiro atoms. The smallest absolute Gasteiger partial charge is 0.325 e.